The number of carbonyl (C=O) groups excluding carboxylic acids is 2. The summed E-state index contributed by atoms with van der Waals surface area (Å²) in [7, 11) is 0. The summed E-state index contributed by atoms with van der Waals surface area (Å²) in [6.07, 6.45) is 10.3. The second kappa shape index (κ2) is 19.5. The number of hydrogen-bond donors (Lipinski definition) is 0. The van der Waals surface area contributed by atoms with Crippen molar-refractivity contribution >= 4 is 23.3 Å². The lowest BCUT2D eigenvalue weighted by Gasteiger charge is -2.38. The SMILES string of the molecule is CC(C)N1Cc2cccc(-c3nnc(C4CCN(C5CCOCC5)CC4)o3)c2N1OC(=O)/C=C/C(=O)ON1c2c(cccc2-c2nnc(C3CCN(C4CCOCC4)CC3)o2)CN1C(C)C. The van der Waals surface area contributed by atoms with Crippen LogP contribution in [-0.2, 0) is 41.8 Å². The van der Waals surface area contributed by atoms with Crippen molar-refractivity contribution in [2.75, 3.05) is 63.0 Å². The van der Waals surface area contributed by atoms with Gasteiger partial charge in [0.25, 0.3) is 0 Å². The molecule has 0 spiro atoms. The molecule has 18 heteroatoms. The van der Waals surface area contributed by atoms with Crippen molar-refractivity contribution < 1.29 is 37.6 Å². The van der Waals surface area contributed by atoms with Crippen LogP contribution in [0.2, 0.25) is 0 Å². The summed E-state index contributed by atoms with van der Waals surface area (Å²) in [5, 5.41) is 24.9. The molecule has 6 aliphatic rings. The van der Waals surface area contributed by atoms with Crippen LogP contribution in [-0.4, -0.2) is 129 Å². The van der Waals surface area contributed by atoms with E-state index in [9.17, 15) is 9.59 Å². The predicted octanol–water partition coefficient (Wildman–Crippen LogP) is 6.57. The molecule has 8 heterocycles. The molecule has 0 saturated carbocycles. The van der Waals surface area contributed by atoms with Gasteiger partial charge in [0.15, 0.2) is 0 Å². The van der Waals surface area contributed by atoms with Crippen LogP contribution in [0, 0.1) is 0 Å². The van der Waals surface area contributed by atoms with Crippen molar-refractivity contribution in [3.05, 3.63) is 71.5 Å². The summed E-state index contributed by atoms with van der Waals surface area (Å²) < 4.78 is 24.0. The fourth-order valence-electron chi connectivity index (χ4n) is 10.5. The van der Waals surface area contributed by atoms with Gasteiger partial charge >= 0.3 is 11.9 Å². The van der Waals surface area contributed by atoms with E-state index in [2.05, 4.69) is 30.2 Å². The first kappa shape index (κ1) is 44.6. The Morgan fingerprint density at radius 1 is 0.576 bits per heavy atom. The van der Waals surface area contributed by atoms with E-state index < -0.39 is 11.9 Å². The van der Waals surface area contributed by atoms with Crippen LogP contribution in [0.15, 0.2) is 57.4 Å². The van der Waals surface area contributed by atoms with E-state index in [0.717, 1.165) is 127 Å². The molecule has 0 radical (unpaired) electrons. The molecule has 0 unspecified atom stereocenters. The Labute approximate surface area is 385 Å². The predicted molar refractivity (Wildman–Crippen MR) is 242 cm³/mol. The molecule has 4 aromatic rings. The molecule has 0 N–H and O–H groups in total. The third-order valence-corrected chi connectivity index (χ3v) is 14.2. The summed E-state index contributed by atoms with van der Waals surface area (Å²) in [6.45, 7) is 16.3. The number of rotatable bonds is 12. The third kappa shape index (κ3) is 9.23. The fraction of sp³-hybridized carbons (Fsp3) is 0.583. The molecule has 18 nitrogen and oxygen atoms in total. The Morgan fingerprint density at radius 2 is 0.970 bits per heavy atom. The quantitative estimate of drug-likeness (QED) is 0.140. The largest absolute Gasteiger partial charge is 0.420 e. The number of hydrogen-bond acceptors (Lipinski definition) is 18. The Morgan fingerprint density at radius 3 is 1.35 bits per heavy atom. The molecule has 4 saturated heterocycles. The van der Waals surface area contributed by atoms with Gasteiger partial charge < -0.3 is 37.8 Å². The average Bonchev–Trinajstić information content (AvgIpc) is 4.18. The molecule has 4 fully saturated rings. The lowest BCUT2D eigenvalue weighted by atomic mass is 9.94. The number of fused-ring (bicyclic) bond motifs is 2. The summed E-state index contributed by atoms with van der Waals surface area (Å²) in [5.41, 5.74) is 4.46. The minimum absolute atomic E-state index is 0.0392. The van der Waals surface area contributed by atoms with Crippen molar-refractivity contribution in [2.24, 2.45) is 0 Å². The van der Waals surface area contributed by atoms with Gasteiger partial charge in [0.2, 0.25) is 23.6 Å². The number of likely N-dealkylation sites (tertiary alicyclic amines) is 2. The maximum absolute atomic E-state index is 13.7. The Hall–Kier alpha value is -5.24. The van der Waals surface area contributed by atoms with Crippen LogP contribution in [0.1, 0.15) is 114 Å². The molecule has 66 heavy (non-hydrogen) atoms. The first-order valence-corrected chi connectivity index (χ1v) is 24.0. The van der Waals surface area contributed by atoms with Crippen molar-refractivity contribution in [2.45, 2.75) is 128 Å². The summed E-state index contributed by atoms with van der Waals surface area (Å²) in [5.74, 6) is 0.801. The highest BCUT2D eigenvalue weighted by Gasteiger charge is 2.39. The zero-order valence-corrected chi connectivity index (χ0v) is 38.5. The van der Waals surface area contributed by atoms with E-state index in [0.29, 0.717) is 71.2 Å². The Bertz CT molecular complexity index is 2200. The number of aromatic nitrogens is 4. The Kier molecular flexibility index (Phi) is 13.2. The van der Waals surface area contributed by atoms with E-state index in [1.54, 1.807) is 0 Å². The maximum atomic E-state index is 13.7. The van der Waals surface area contributed by atoms with Gasteiger partial charge in [0.1, 0.15) is 11.4 Å². The van der Waals surface area contributed by atoms with Crippen molar-refractivity contribution in [3.63, 3.8) is 0 Å². The maximum Gasteiger partial charge on any atom is 0.358 e. The lowest BCUT2D eigenvalue weighted by Crippen LogP contribution is -2.43. The van der Waals surface area contributed by atoms with Gasteiger partial charge in [-0.2, -0.15) is 10.0 Å². The molecule has 352 valence electrons. The summed E-state index contributed by atoms with van der Waals surface area (Å²) in [4.78, 5) is 44.5. The fourth-order valence-corrected chi connectivity index (χ4v) is 10.5. The summed E-state index contributed by atoms with van der Waals surface area (Å²) >= 11 is 0. The highest BCUT2D eigenvalue weighted by atomic mass is 16.8. The van der Waals surface area contributed by atoms with Crippen LogP contribution in [0.5, 0.6) is 0 Å². The van der Waals surface area contributed by atoms with Gasteiger partial charge in [0.05, 0.1) is 11.1 Å². The van der Waals surface area contributed by atoms with Crippen LogP contribution in [0.4, 0.5) is 11.4 Å². The van der Waals surface area contributed by atoms with E-state index in [1.807, 2.05) is 74.1 Å². The molecule has 0 atom stereocenters. The normalized spacial score (nSPS) is 21.4. The monoisotopic (exact) mass is 906 g/mol. The number of anilines is 2. The smallest absolute Gasteiger partial charge is 0.358 e. The molecular formula is C48H62N10O8. The average molecular weight is 907 g/mol. The number of nitrogens with zero attached hydrogens (tertiary/aromatic N) is 10. The molecule has 0 aliphatic carbocycles. The van der Waals surface area contributed by atoms with E-state index >= 15 is 0 Å². The van der Waals surface area contributed by atoms with Crippen molar-refractivity contribution in [3.8, 4) is 22.9 Å². The second-order valence-electron chi connectivity index (χ2n) is 18.9. The topological polar surface area (TPSA) is 168 Å². The van der Waals surface area contributed by atoms with Crippen LogP contribution in [0.3, 0.4) is 0 Å². The first-order chi connectivity index (χ1) is 32.2. The van der Waals surface area contributed by atoms with Gasteiger partial charge in [-0.15, -0.1) is 30.7 Å². The molecule has 10 rings (SSSR count). The number of para-hydroxylation sites is 2. The minimum atomic E-state index is -0.761. The van der Waals surface area contributed by atoms with Gasteiger partial charge in [-0.05, 0) is 129 Å². The number of hydrazine groups is 2. The third-order valence-electron chi connectivity index (χ3n) is 14.2. The Balaban J connectivity index is 0.811. The van der Waals surface area contributed by atoms with Crippen molar-refractivity contribution in [1.82, 2.24) is 40.2 Å². The highest BCUT2D eigenvalue weighted by molar-refractivity contribution is 5.93. The summed E-state index contributed by atoms with van der Waals surface area (Å²) in [6, 6.07) is 12.8. The van der Waals surface area contributed by atoms with E-state index in [-0.39, 0.29) is 23.9 Å². The minimum Gasteiger partial charge on any atom is -0.420 e. The molecule has 2 aromatic carbocycles. The van der Waals surface area contributed by atoms with Crippen LogP contribution >= 0.6 is 0 Å². The van der Waals surface area contributed by atoms with Crippen molar-refractivity contribution in [1.29, 1.82) is 0 Å². The molecule has 6 aliphatic heterocycles. The number of piperidine rings is 2. The lowest BCUT2D eigenvalue weighted by molar-refractivity contribution is -0.149. The van der Waals surface area contributed by atoms with Gasteiger partial charge in [-0.25, -0.2) is 9.59 Å². The zero-order chi connectivity index (χ0) is 45.3. The molecule has 2 aromatic heterocycles. The van der Waals surface area contributed by atoms with Gasteiger partial charge in [-0.3, -0.25) is 0 Å². The second-order valence-corrected chi connectivity index (χ2v) is 18.9. The number of carbonyl (C=O) groups is 2. The van der Waals surface area contributed by atoms with Crippen LogP contribution in [0.25, 0.3) is 22.9 Å². The highest BCUT2D eigenvalue weighted by Crippen LogP contribution is 2.44. The number of ether oxygens (including phenoxy) is 2. The van der Waals surface area contributed by atoms with E-state index in [1.165, 1.54) is 10.3 Å². The zero-order valence-electron chi connectivity index (χ0n) is 38.5. The number of benzene rings is 2. The van der Waals surface area contributed by atoms with Gasteiger partial charge in [-0.1, -0.05) is 24.3 Å². The molecule has 0 amide bonds. The van der Waals surface area contributed by atoms with Gasteiger partial charge in [0, 0.05) is 87.7 Å². The molecule has 0 bridgehead atoms. The van der Waals surface area contributed by atoms with Crippen LogP contribution < -0.4 is 10.3 Å². The first-order valence-electron chi connectivity index (χ1n) is 24.0. The van der Waals surface area contributed by atoms with E-state index in [4.69, 9.17) is 28.0 Å². The standard InChI is InChI=1S/C48H62N10O8/c1-31(2)55-29-35-7-5-9-39(47-51-49-45(63-47)33-13-21-53(22-14-33)37-17-25-61-26-18-37)43(35)57(55)65-41(59)11-12-42(60)66-58-44-36(30-56(58)32(3)4)8-6-10-40(44)48-52-50-46(64-48)34-15-23-54(24-16-34)38-19-27-62-28-20-38/h5-12,31-34,37-38H,13-30H2,1-4H3/b12-11+. The molecular weight excluding hydrogens is 845 g/mol.